The highest BCUT2D eigenvalue weighted by atomic mass is 35.5. The van der Waals surface area contributed by atoms with Gasteiger partial charge in [-0.1, -0.05) is 17.7 Å². The first-order valence-electron chi connectivity index (χ1n) is 6.46. The van der Waals surface area contributed by atoms with E-state index in [4.69, 9.17) is 11.6 Å². The number of rotatable bonds is 4. The van der Waals surface area contributed by atoms with Crippen molar-refractivity contribution < 1.29 is 4.39 Å². The molecule has 0 aromatic heterocycles. The summed E-state index contributed by atoms with van der Waals surface area (Å²) < 4.78 is 13.5. The van der Waals surface area contributed by atoms with Gasteiger partial charge in [-0.15, -0.1) is 0 Å². The molecule has 1 N–H and O–H groups in total. The lowest BCUT2D eigenvalue weighted by atomic mass is 10.1. The second-order valence-electron chi connectivity index (χ2n) is 4.98. The summed E-state index contributed by atoms with van der Waals surface area (Å²) in [6, 6.07) is 13.0. The van der Waals surface area contributed by atoms with Crippen molar-refractivity contribution in [3.05, 3.63) is 58.9 Å². The maximum absolute atomic E-state index is 13.5. The number of anilines is 2. The lowest BCUT2D eigenvalue weighted by Gasteiger charge is -2.18. The van der Waals surface area contributed by atoms with Gasteiger partial charge in [0, 0.05) is 31.5 Å². The third-order valence-corrected chi connectivity index (χ3v) is 3.52. The third-order valence-electron chi connectivity index (χ3n) is 3.21. The van der Waals surface area contributed by atoms with Crippen molar-refractivity contribution in [2.45, 2.75) is 13.0 Å². The van der Waals surface area contributed by atoms with Gasteiger partial charge in [0.25, 0.3) is 0 Å². The van der Waals surface area contributed by atoms with Crippen molar-refractivity contribution in [2.75, 3.05) is 24.3 Å². The third kappa shape index (κ3) is 3.42. The Morgan fingerprint density at radius 3 is 2.30 bits per heavy atom. The van der Waals surface area contributed by atoms with Crippen LogP contribution in [-0.2, 0) is 0 Å². The van der Waals surface area contributed by atoms with Gasteiger partial charge < -0.3 is 10.2 Å². The molecule has 1 atom stereocenters. The van der Waals surface area contributed by atoms with Crippen molar-refractivity contribution in [3.8, 4) is 0 Å². The zero-order chi connectivity index (χ0) is 14.7. The Labute approximate surface area is 124 Å². The van der Waals surface area contributed by atoms with E-state index in [9.17, 15) is 4.39 Å². The number of hydrogen-bond donors (Lipinski definition) is 1. The first-order chi connectivity index (χ1) is 9.47. The summed E-state index contributed by atoms with van der Waals surface area (Å²) in [5.74, 6) is -0.388. The van der Waals surface area contributed by atoms with E-state index in [1.54, 1.807) is 6.07 Å². The monoisotopic (exact) mass is 292 g/mol. The molecule has 0 amide bonds. The number of nitrogens with zero attached hydrogens (tertiary/aromatic N) is 1. The molecule has 0 fully saturated rings. The van der Waals surface area contributed by atoms with Gasteiger partial charge in [-0.05, 0) is 48.9 Å². The fraction of sp³-hybridized carbons (Fsp3) is 0.250. The normalized spacial score (nSPS) is 12.1. The molecular formula is C16H18ClFN2. The summed E-state index contributed by atoms with van der Waals surface area (Å²) in [6.45, 7) is 1.99. The molecule has 106 valence electrons. The Morgan fingerprint density at radius 2 is 1.75 bits per heavy atom. The van der Waals surface area contributed by atoms with E-state index < -0.39 is 0 Å². The summed E-state index contributed by atoms with van der Waals surface area (Å²) in [5, 5.41) is 3.49. The first-order valence-corrected chi connectivity index (χ1v) is 6.84. The molecule has 0 heterocycles. The van der Waals surface area contributed by atoms with Crippen LogP contribution < -0.4 is 10.2 Å². The second-order valence-corrected chi connectivity index (χ2v) is 5.39. The lowest BCUT2D eigenvalue weighted by molar-refractivity contribution is 0.624. The average Bonchev–Trinajstić information content (AvgIpc) is 2.42. The standard InChI is InChI=1S/C16H18ClFN2/c1-11(12-4-9-15(17)16(18)10-12)19-13-5-7-14(8-6-13)20(2)3/h4-11,19H,1-3H3. The van der Waals surface area contributed by atoms with Crippen LogP contribution in [0.3, 0.4) is 0 Å². The molecule has 20 heavy (non-hydrogen) atoms. The van der Waals surface area contributed by atoms with Crippen molar-refractivity contribution in [2.24, 2.45) is 0 Å². The highest BCUT2D eigenvalue weighted by Gasteiger charge is 2.08. The molecule has 0 radical (unpaired) electrons. The Balaban J connectivity index is 2.10. The van der Waals surface area contributed by atoms with Gasteiger partial charge in [0.1, 0.15) is 5.82 Å². The Hall–Kier alpha value is -1.74. The van der Waals surface area contributed by atoms with Crippen molar-refractivity contribution in [3.63, 3.8) is 0 Å². The first kappa shape index (κ1) is 14.7. The van der Waals surface area contributed by atoms with Crippen LogP contribution in [0.2, 0.25) is 5.02 Å². The molecule has 0 saturated carbocycles. The predicted octanol–water partition coefficient (Wildman–Crippen LogP) is 4.72. The highest BCUT2D eigenvalue weighted by molar-refractivity contribution is 6.30. The van der Waals surface area contributed by atoms with Gasteiger partial charge in [-0.25, -0.2) is 4.39 Å². The van der Waals surface area contributed by atoms with Crippen LogP contribution in [0.4, 0.5) is 15.8 Å². The molecule has 0 bridgehead atoms. The van der Waals surface area contributed by atoms with Crippen molar-refractivity contribution in [1.29, 1.82) is 0 Å². The largest absolute Gasteiger partial charge is 0.379 e. The summed E-state index contributed by atoms with van der Waals surface area (Å²) in [5.41, 5.74) is 3.00. The molecule has 0 aliphatic rings. The van der Waals surface area contributed by atoms with Crippen molar-refractivity contribution in [1.82, 2.24) is 0 Å². The van der Waals surface area contributed by atoms with Crippen molar-refractivity contribution >= 4 is 23.0 Å². The van der Waals surface area contributed by atoms with Crippen LogP contribution >= 0.6 is 11.6 Å². The minimum absolute atomic E-state index is 0.00646. The minimum atomic E-state index is -0.388. The fourth-order valence-electron chi connectivity index (χ4n) is 1.97. The molecule has 0 spiro atoms. The van der Waals surface area contributed by atoms with E-state index in [0.29, 0.717) is 0 Å². The van der Waals surface area contributed by atoms with Gasteiger partial charge in [0.2, 0.25) is 0 Å². The van der Waals surface area contributed by atoms with E-state index >= 15 is 0 Å². The topological polar surface area (TPSA) is 15.3 Å². The molecule has 2 rings (SSSR count). The van der Waals surface area contributed by atoms with E-state index in [-0.39, 0.29) is 16.9 Å². The van der Waals surface area contributed by atoms with Gasteiger partial charge >= 0.3 is 0 Å². The predicted molar refractivity (Wildman–Crippen MR) is 84.2 cm³/mol. The van der Waals surface area contributed by atoms with Crippen LogP contribution in [0.25, 0.3) is 0 Å². The highest BCUT2D eigenvalue weighted by Crippen LogP contribution is 2.24. The molecular weight excluding hydrogens is 275 g/mol. The lowest BCUT2D eigenvalue weighted by Crippen LogP contribution is -2.09. The Bertz CT molecular complexity index is 582. The molecule has 2 nitrogen and oxygen atoms in total. The Kier molecular flexibility index (Phi) is 4.50. The summed E-state index contributed by atoms with van der Waals surface area (Å²) >= 11 is 5.69. The van der Waals surface area contributed by atoms with Crippen LogP contribution in [0.5, 0.6) is 0 Å². The summed E-state index contributed by atoms with van der Waals surface area (Å²) in [7, 11) is 4.00. The van der Waals surface area contributed by atoms with Gasteiger partial charge in [-0.3, -0.25) is 0 Å². The average molecular weight is 293 g/mol. The molecule has 2 aromatic rings. The molecule has 0 aliphatic carbocycles. The van der Waals surface area contributed by atoms with E-state index in [1.807, 2.05) is 56.3 Å². The summed E-state index contributed by atoms with van der Waals surface area (Å²) in [6.07, 6.45) is 0. The minimum Gasteiger partial charge on any atom is -0.379 e. The van der Waals surface area contributed by atoms with Crippen LogP contribution in [-0.4, -0.2) is 14.1 Å². The SMILES string of the molecule is CC(Nc1ccc(N(C)C)cc1)c1ccc(Cl)c(F)c1. The molecule has 1 unspecified atom stereocenters. The van der Waals surface area contributed by atoms with Gasteiger partial charge in [0.05, 0.1) is 5.02 Å². The molecule has 0 aliphatic heterocycles. The van der Waals surface area contributed by atoms with Gasteiger partial charge in [0.15, 0.2) is 0 Å². The van der Waals surface area contributed by atoms with E-state index in [1.165, 1.54) is 6.07 Å². The second kappa shape index (κ2) is 6.14. The van der Waals surface area contributed by atoms with Crippen LogP contribution in [0, 0.1) is 5.82 Å². The number of hydrogen-bond acceptors (Lipinski definition) is 2. The van der Waals surface area contributed by atoms with Crippen LogP contribution in [0.1, 0.15) is 18.5 Å². The quantitative estimate of drug-likeness (QED) is 0.877. The zero-order valence-corrected chi connectivity index (χ0v) is 12.6. The maximum Gasteiger partial charge on any atom is 0.142 e. The van der Waals surface area contributed by atoms with E-state index in [0.717, 1.165) is 16.9 Å². The van der Waals surface area contributed by atoms with Gasteiger partial charge in [-0.2, -0.15) is 0 Å². The number of nitrogens with one attached hydrogen (secondary N) is 1. The maximum atomic E-state index is 13.5. The fourth-order valence-corrected chi connectivity index (χ4v) is 2.09. The smallest absolute Gasteiger partial charge is 0.142 e. The number of halogens is 2. The summed E-state index contributed by atoms with van der Waals surface area (Å²) in [4.78, 5) is 2.04. The zero-order valence-electron chi connectivity index (χ0n) is 11.8. The Morgan fingerprint density at radius 1 is 1.10 bits per heavy atom. The molecule has 4 heteroatoms. The molecule has 2 aromatic carbocycles. The number of benzene rings is 2. The van der Waals surface area contributed by atoms with Crippen LogP contribution in [0.15, 0.2) is 42.5 Å². The van der Waals surface area contributed by atoms with E-state index in [2.05, 4.69) is 5.32 Å². The molecule has 0 saturated heterocycles.